The molecule has 106 valence electrons. The van der Waals surface area contributed by atoms with Crippen LogP contribution in [-0.2, 0) is 9.53 Å². The van der Waals surface area contributed by atoms with E-state index >= 15 is 0 Å². The number of thioether (sulfide) groups is 1. The highest BCUT2D eigenvalue weighted by Crippen LogP contribution is 2.28. The Hall–Kier alpha value is -1.01. The van der Waals surface area contributed by atoms with Crippen molar-refractivity contribution in [2.75, 3.05) is 23.9 Å². The normalized spacial score (nSPS) is 10.3. The van der Waals surface area contributed by atoms with Gasteiger partial charge in [-0.05, 0) is 38.3 Å². The second-order valence-corrected chi connectivity index (χ2v) is 6.21. The van der Waals surface area contributed by atoms with Crippen molar-refractivity contribution in [3.63, 3.8) is 0 Å². The molecule has 0 aliphatic rings. The van der Waals surface area contributed by atoms with Crippen molar-refractivity contribution in [3.8, 4) is 0 Å². The number of aryl methyl sites for hydroxylation is 1. The van der Waals surface area contributed by atoms with Crippen LogP contribution in [0.1, 0.15) is 35.0 Å². The molecule has 0 fully saturated rings. The highest BCUT2D eigenvalue weighted by atomic mass is 32.2. The van der Waals surface area contributed by atoms with Crippen LogP contribution in [-0.4, -0.2) is 30.5 Å². The summed E-state index contributed by atoms with van der Waals surface area (Å²) in [7, 11) is 0. The van der Waals surface area contributed by atoms with E-state index in [1.165, 1.54) is 11.3 Å². The number of amides is 1. The Morgan fingerprint density at radius 2 is 2.21 bits per heavy atom. The first-order valence-corrected chi connectivity index (χ1v) is 8.35. The number of hydrogen-bond donors (Lipinski definition) is 1. The fourth-order valence-corrected chi connectivity index (χ4v) is 2.88. The zero-order valence-corrected chi connectivity index (χ0v) is 13.1. The lowest BCUT2D eigenvalue weighted by molar-refractivity contribution is -0.116. The number of carbonyl (C=O) groups excluding carboxylic acids is 2. The molecule has 1 aromatic rings. The molecular weight excluding hydrogens is 282 g/mol. The smallest absolute Gasteiger partial charge is 0.341 e. The average molecular weight is 301 g/mol. The fraction of sp³-hybridized carbons (Fsp3) is 0.538. The summed E-state index contributed by atoms with van der Waals surface area (Å²) in [4.78, 5) is 24.5. The maximum Gasteiger partial charge on any atom is 0.341 e. The second kappa shape index (κ2) is 8.22. The average Bonchev–Trinajstić information content (AvgIpc) is 2.71. The van der Waals surface area contributed by atoms with E-state index in [9.17, 15) is 9.59 Å². The van der Waals surface area contributed by atoms with Gasteiger partial charge in [0.2, 0.25) is 5.91 Å². The van der Waals surface area contributed by atoms with Gasteiger partial charge in [0, 0.05) is 11.3 Å². The first kappa shape index (κ1) is 16.0. The van der Waals surface area contributed by atoms with E-state index in [1.807, 2.05) is 13.2 Å². The molecule has 0 bridgehead atoms. The number of nitrogens with one attached hydrogen (secondary N) is 1. The molecule has 1 rings (SSSR count). The molecule has 6 heteroatoms. The van der Waals surface area contributed by atoms with Gasteiger partial charge in [0.25, 0.3) is 0 Å². The van der Waals surface area contributed by atoms with Crippen molar-refractivity contribution in [1.29, 1.82) is 0 Å². The van der Waals surface area contributed by atoms with Crippen molar-refractivity contribution in [1.82, 2.24) is 0 Å². The summed E-state index contributed by atoms with van der Waals surface area (Å²) in [6, 6.07) is 1.75. The summed E-state index contributed by atoms with van der Waals surface area (Å²) in [5.74, 6) is 0.523. The Kier molecular flexibility index (Phi) is 6.94. The standard InChI is InChI=1S/C13H19NO3S2/c1-4-17-13(16)10-8-9(2)19-12(10)14-11(15)6-5-7-18-3/h8H,4-7H2,1-3H3,(H,14,15). The van der Waals surface area contributed by atoms with E-state index < -0.39 is 0 Å². The van der Waals surface area contributed by atoms with Gasteiger partial charge in [0.1, 0.15) is 5.00 Å². The van der Waals surface area contributed by atoms with Crippen LogP contribution in [0.15, 0.2) is 6.07 Å². The highest BCUT2D eigenvalue weighted by Gasteiger charge is 2.17. The van der Waals surface area contributed by atoms with Crippen molar-refractivity contribution in [3.05, 3.63) is 16.5 Å². The minimum atomic E-state index is -0.383. The third-order valence-electron chi connectivity index (χ3n) is 2.36. The van der Waals surface area contributed by atoms with Crippen molar-refractivity contribution >= 4 is 40.0 Å². The molecular formula is C13H19NO3S2. The third-order valence-corrected chi connectivity index (χ3v) is 4.02. The van der Waals surface area contributed by atoms with E-state index in [4.69, 9.17) is 4.74 Å². The molecule has 0 atom stereocenters. The van der Waals surface area contributed by atoms with Crippen LogP contribution >= 0.6 is 23.1 Å². The quantitative estimate of drug-likeness (QED) is 0.620. The van der Waals surface area contributed by atoms with Crippen molar-refractivity contribution in [2.45, 2.75) is 26.7 Å². The SMILES string of the molecule is CCOC(=O)c1cc(C)sc1NC(=O)CCCSC. The van der Waals surface area contributed by atoms with Crippen LogP contribution in [0.25, 0.3) is 0 Å². The second-order valence-electron chi connectivity index (χ2n) is 3.96. The molecule has 0 saturated heterocycles. The topological polar surface area (TPSA) is 55.4 Å². The Bertz CT molecular complexity index is 443. The van der Waals surface area contributed by atoms with Gasteiger partial charge in [-0.3, -0.25) is 4.79 Å². The predicted molar refractivity (Wildman–Crippen MR) is 81.3 cm³/mol. The van der Waals surface area contributed by atoms with Gasteiger partial charge in [0.05, 0.1) is 12.2 Å². The zero-order valence-electron chi connectivity index (χ0n) is 11.4. The van der Waals surface area contributed by atoms with Crippen LogP contribution < -0.4 is 5.32 Å². The molecule has 0 aliphatic heterocycles. The molecule has 1 N–H and O–H groups in total. The number of hydrogen-bond acceptors (Lipinski definition) is 5. The maximum atomic E-state index is 11.8. The van der Waals surface area contributed by atoms with Gasteiger partial charge in [0.15, 0.2) is 0 Å². The van der Waals surface area contributed by atoms with Crippen LogP contribution in [0, 0.1) is 6.92 Å². The van der Waals surface area contributed by atoms with Gasteiger partial charge in [-0.2, -0.15) is 11.8 Å². The zero-order chi connectivity index (χ0) is 14.3. The summed E-state index contributed by atoms with van der Waals surface area (Å²) in [5.41, 5.74) is 0.447. The monoisotopic (exact) mass is 301 g/mol. The van der Waals surface area contributed by atoms with E-state index in [1.54, 1.807) is 24.8 Å². The molecule has 1 amide bonds. The molecule has 0 unspecified atom stereocenters. The van der Waals surface area contributed by atoms with Gasteiger partial charge in [-0.25, -0.2) is 4.79 Å². The molecule has 0 aliphatic carbocycles. The van der Waals surface area contributed by atoms with Crippen LogP contribution in [0.3, 0.4) is 0 Å². The minimum Gasteiger partial charge on any atom is -0.462 e. The van der Waals surface area contributed by atoms with Crippen molar-refractivity contribution in [2.24, 2.45) is 0 Å². The Morgan fingerprint density at radius 1 is 1.47 bits per heavy atom. The lowest BCUT2D eigenvalue weighted by Gasteiger charge is -2.05. The van der Waals surface area contributed by atoms with E-state index in [-0.39, 0.29) is 11.9 Å². The predicted octanol–water partition coefficient (Wildman–Crippen LogP) is 3.31. The number of thiophene rings is 1. The third kappa shape index (κ3) is 5.24. The fourth-order valence-electron chi connectivity index (χ4n) is 1.53. The van der Waals surface area contributed by atoms with Gasteiger partial charge >= 0.3 is 5.97 Å². The molecule has 1 aromatic heterocycles. The Balaban J connectivity index is 2.67. The summed E-state index contributed by atoms with van der Waals surface area (Å²) < 4.78 is 4.98. The van der Waals surface area contributed by atoms with E-state index in [2.05, 4.69) is 5.32 Å². The molecule has 0 aromatic carbocycles. The maximum absolute atomic E-state index is 11.8. The Morgan fingerprint density at radius 3 is 2.84 bits per heavy atom. The summed E-state index contributed by atoms with van der Waals surface area (Å²) in [6.45, 7) is 3.99. The molecule has 0 radical (unpaired) electrons. The summed E-state index contributed by atoms with van der Waals surface area (Å²) >= 11 is 3.12. The van der Waals surface area contributed by atoms with E-state index in [0.29, 0.717) is 23.6 Å². The molecule has 19 heavy (non-hydrogen) atoms. The minimum absolute atomic E-state index is 0.0542. The van der Waals surface area contributed by atoms with Gasteiger partial charge in [-0.15, -0.1) is 11.3 Å². The van der Waals surface area contributed by atoms with Crippen LogP contribution in [0.4, 0.5) is 5.00 Å². The summed E-state index contributed by atoms with van der Waals surface area (Å²) in [6.07, 6.45) is 3.32. The number of ether oxygens (including phenoxy) is 1. The molecule has 4 nitrogen and oxygen atoms in total. The number of rotatable bonds is 7. The lowest BCUT2D eigenvalue weighted by Crippen LogP contribution is -2.14. The lowest BCUT2D eigenvalue weighted by atomic mass is 10.3. The van der Waals surface area contributed by atoms with Gasteiger partial charge < -0.3 is 10.1 Å². The number of esters is 1. The van der Waals surface area contributed by atoms with Gasteiger partial charge in [-0.1, -0.05) is 0 Å². The largest absolute Gasteiger partial charge is 0.462 e. The molecule has 0 saturated carbocycles. The number of carbonyl (C=O) groups is 2. The molecule has 1 heterocycles. The number of anilines is 1. The van der Waals surface area contributed by atoms with Crippen LogP contribution in [0.2, 0.25) is 0 Å². The highest BCUT2D eigenvalue weighted by molar-refractivity contribution is 7.98. The first-order valence-electron chi connectivity index (χ1n) is 6.14. The molecule has 0 spiro atoms. The van der Waals surface area contributed by atoms with E-state index in [0.717, 1.165) is 17.1 Å². The van der Waals surface area contributed by atoms with Crippen LogP contribution in [0.5, 0.6) is 0 Å². The summed E-state index contributed by atoms with van der Waals surface area (Å²) in [5, 5.41) is 3.39. The van der Waals surface area contributed by atoms with Crippen molar-refractivity contribution < 1.29 is 14.3 Å². The Labute approximate surface area is 121 Å². The first-order chi connectivity index (χ1) is 9.08.